The summed E-state index contributed by atoms with van der Waals surface area (Å²) in [6.07, 6.45) is 0. The minimum atomic E-state index is -0.335. The zero-order chi connectivity index (χ0) is 20.8. The molecule has 0 aliphatic heterocycles. The summed E-state index contributed by atoms with van der Waals surface area (Å²) in [6.45, 7) is 0. The molecule has 0 amide bonds. The van der Waals surface area contributed by atoms with Gasteiger partial charge >= 0.3 is 5.97 Å². The fraction of sp³-hybridized carbons (Fsp3) is 0.0357. The van der Waals surface area contributed by atoms with Crippen molar-refractivity contribution >= 4 is 17.1 Å². The zero-order valence-electron chi connectivity index (χ0n) is 16.8. The lowest BCUT2D eigenvalue weighted by atomic mass is 9.85. The quantitative estimate of drug-likeness (QED) is 0.288. The zero-order valence-corrected chi connectivity index (χ0v) is 16.8. The van der Waals surface area contributed by atoms with Gasteiger partial charge in [0.2, 0.25) is 0 Å². The van der Waals surface area contributed by atoms with Crippen LogP contribution in [-0.2, 0) is 4.74 Å². The number of methoxy groups -OCH3 is 1. The molecule has 0 atom stereocenters. The average molecular weight is 390 g/mol. The van der Waals surface area contributed by atoms with E-state index < -0.39 is 0 Å². The van der Waals surface area contributed by atoms with Crippen LogP contribution in [-0.4, -0.2) is 13.1 Å². The highest BCUT2D eigenvalue weighted by Crippen LogP contribution is 2.36. The van der Waals surface area contributed by atoms with Gasteiger partial charge in [-0.2, -0.15) is 0 Å². The van der Waals surface area contributed by atoms with Gasteiger partial charge in [0, 0.05) is 0 Å². The van der Waals surface area contributed by atoms with Crippen LogP contribution < -0.4 is 0 Å². The Labute approximate surface area is 177 Å². The Bertz CT molecular complexity index is 1100. The minimum Gasteiger partial charge on any atom is -0.465 e. The molecule has 2 heteroatoms. The molecule has 0 unspecified atom stereocenters. The maximum atomic E-state index is 11.9. The van der Waals surface area contributed by atoms with E-state index in [1.807, 2.05) is 54.6 Å². The van der Waals surface area contributed by atoms with Crippen LogP contribution >= 0.6 is 0 Å². The van der Waals surface area contributed by atoms with E-state index in [1.54, 1.807) is 0 Å². The summed E-state index contributed by atoms with van der Waals surface area (Å²) >= 11 is 0. The predicted molar refractivity (Wildman–Crippen MR) is 122 cm³/mol. The molecule has 0 spiro atoms. The summed E-state index contributed by atoms with van der Waals surface area (Å²) in [7, 11) is 1.40. The molecule has 0 aliphatic rings. The molecule has 146 valence electrons. The van der Waals surface area contributed by atoms with Crippen molar-refractivity contribution in [1.29, 1.82) is 0 Å². The number of hydrogen-bond acceptors (Lipinski definition) is 2. The lowest BCUT2D eigenvalue weighted by molar-refractivity contribution is 0.0600. The lowest BCUT2D eigenvalue weighted by Gasteiger charge is -2.18. The van der Waals surface area contributed by atoms with Crippen molar-refractivity contribution in [3.8, 4) is 0 Å². The monoisotopic (exact) mass is 390 g/mol. The van der Waals surface area contributed by atoms with Crippen LogP contribution in [0.4, 0.5) is 0 Å². The maximum Gasteiger partial charge on any atom is 0.337 e. The first kappa shape index (κ1) is 19.4. The SMILES string of the molecule is COC(=O)c1ccc(C(=C(c2ccccc2)c2ccccc2)c2ccccc2)cc1. The van der Waals surface area contributed by atoms with Gasteiger partial charge in [-0.05, 0) is 45.5 Å². The molecule has 30 heavy (non-hydrogen) atoms. The van der Waals surface area contributed by atoms with Gasteiger partial charge in [0.1, 0.15) is 0 Å². The molecule has 0 N–H and O–H groups in total. The third-order valence-corrected chi connectivity index (χ3v) is 5.03. The van der Waals surface area contributed by atoms with E-state index in [0.29, 0.717) is 5.56 Å². The molecule has 0 bridgehead atoms. The Kier molecular flexibility index (Phi) is 5.86. The van der Waals surface area contributed by atoms with Crippen LogP contribution in [0, 0.1) is 0 Å². The second-order valence-corrected chi connectivity index (χ2v) is 6.92. The smallest absolute Gasteiger partial charge is 0.337 e. The van der Waals surface area contributed by atoms with Crippen molar-refractivity contribution in [3.05, 3.63) is 143 Å². The number of ether oxygens (including phenoxy) is 1. The fourth-order valence-electron chi connectivity index (χ4n) is 3.62. The summed E-state index contributed by atoms with van der Waals surface area (Å²) < 4.78 is 4.86. The summed E-state index contributed by atoms with van der Waals surface area (Å²) in [5.74, 6) is -0.335. The number of carbonyl (C=O) groups is 1. The normalized spacial score (nSPS) is 10.3. The highest BCUT2D eigenvalue weighted by atomic mass is 16.5. The Balaban J connectivity index is 2.01. The molecule has 4 aromatic carbocycles. The second-order valence-electron chi connectivity index (χ2n) is 6.92. The minimum absolute atomic E-state index is 0.335. The van der Waals surface area contributed by atoms with Gasteiger partial charge in [-0.1, -0.05) is 103 Å². The number of benzene rings is 4. The van der Waals surface area contributed by atoms with E-state index in [4.69, 9.17) is 4.74 Å². The van der Waals surface area contributed by atoms with Gasteiger partial charge in [0.15, 0.2) is 0 Å². The van der Waals surface area contributed by atoms with Gasteiger partial charge in [-0.15, -0.1) is 0 Å². The third kappa shape index (κ3) is 4.08. The molecule has 0 aromatic heterocycles. The number of hydrogen-bond donors (Lipinski definition) is 0. The Morgan fingerprint density at radius 2 is 0.767 bits per heavy atom. The molecule has 0 aliphatic carbocycles. The second kappa shape index (κ2) is 9.06. The lowest BCUT2D eigenvalue weighted by Crippen LogP contribution is -2.02. The first-order valence-corrected chi connectivity index (χ1v) is 9.87. The first-order chi connectivity index (χ1) is 14.8. The average Bonchev–Trinajstić information content (AvgIpc) is 2.84. The molecular formula is C28H22O2. The topological polar surface area (TPSA) is 26.3 Å². The molecule has 4 aromatic rings. The Morgan fingerprint density at radius 1 is 0.467 bits per heavy atom. The highest BCUT2D eigenvalue weighted by molar-refractivity contribution is 6.04. The number of rotatable bonds is 5. The maximum absolute atomic E-state index is 11.9. The van der Waals surface area contributed by atoms with Crippen LogP contribution in [0.3, 0.4) is 0 Å². The number of esters is 1. The summed E-state index contributed by atoms with van der Waals surface area (Å²) in [4.78, 5) is 11.9. The van der Waals surface area contributed by atoms with Crippen LogP contribution in [0.15, 0.2) is 115 Å². The van der Waals surface area contributed by atoms with E-state index in [1.165, 1.54) is 7.11 Å². The van der Waals surface area contributed by atoms with Crippen LogP contribution in [0.1, 0.15) is 32.6 Å². The van der Waals surface area contributed by atoms with E-state index >= 15 is 0 Å². The van der Waals surface area contributed by atoms with E-state index in [9.17, 15) is 4.79 Å². The van der Waals surface area contributed by atoms with Crippen molar-refractivity contribution < 1.29 is 9.53 Å². The molecule has 4 rings (SSSR count). The molecular weight excluding hydrogens is 368 g/mol. The molecule has 0 heterocycles. The molecule has 0 saturated heterocycles. The summed E-state index contributed by atoms with van der Waals surface area (Å²) in [5.41, 5.74) is 7.23. The summed E-state index contributed by atoms with van der Waals surface area (Å²) in [5, 5.41) is 0. The Morgan fingerprint density at radius 3 is 1.10 bits per heavy atom. The van der Waals surface area contributed by atoms with E-state index in [2.05, 4.69) is 60.7 Å². The standard InChI is InChI=1S/C28H22O2/c1-30-28(29)25-19-17-24(18-20-25)27(23-15-9-4-10-16-23)26(21-11-5-2-6-12-21)22-13-7-3-8-14-22/h2-20H,1H3. The van der Waals surface area contributed by atoms with Crippen LogP contribution in [0.2, 0.25) is 0 Å². The molecule has 0 saturated carbocycles. The van der Waals surface area contributed by atoms with Crippen molar-refractivity contribution in [2.45, 2.75) is 0 Å². The highest BCUT2D eigenvalue weighted by Gasteiger charge is 2.16. The molecule has 0 fully saturated rings. The van der Waals surface area contributed by atoms with Gasteiger partial charge in [-0.25, -0.2) is 4.79 Å². The van der Waals surface area contributed by atoms with Crippen molar-refractivity contribution in [2.24, 2.45) is 0 Å². The van der Waals surface area contributed by atoms with Crippen molar-refractivity contribution in [2.75, 3.05) is 7.11 Å². The predicted octanol–water partition coefficient (Wildman–Crippen LogP) is 6.48. The van der Waals surface area contributed by atoms with E-state index in [0.717, 1.165) is 33.4 Å². The first-order valence-electron chi connectivity index (χ1n) is 9.87. The fourth-order valence-corrected chi connectivity index (χ4v) is 3.62. The van der Waals surface area contributed by atoms with Gasteiger partial charge in [0.25, 0.3) is 0 Å². The summed E-state index contributed by atoms with van der Waals surface area (Å²) in [6, 6.07) is 38.8. The van der Waals surface area contributed by atoms with Gasteiger partial charge < -0.3 is 4.74 Å². The van der Waals surface area contributed by atoms with Crippen molar-refractivity contribution in [3.63, 3.8) is 0 Å². The third-order valence-electron chi connectivity index (χ3n) is 5.03. The van der Waals surface area contributed by atoms with Crippen LogP contribution in [0.5, 0.6) is 0 Å². The Hall–Kier alpha value is -3.91. The van der Waals surface area contributed by atoms with Gasteiger partial charge in [-0.3, -0.25) is 0 Å². The molecule has 0 radical (unpaired) electrons. The van der Waals surface area contributed by atoms with E-state index in [-0.39, 0.29) is 5.97 Å². The van der Waals surface area contributed by atoms with Gasteiger partial charge in [0.05, 0.1) is 12.7 Å². The van der Waals surface area contributed by atoms with Crippen LogP contribution in [0.25, 0.3) is 11.1 Å². The largest absolute Gasteiger partial charge is 0.465 e. The number of carbonyl (C=O) groups excluding carboxylic acids is 1. The van der Waals surface area contributed by atoms with Crippen molar-refractivity contribution in [1.82, 2.24) is 0 Å². The molecule has 2 nitrogen and oxygen atoms in total.